The van der Waals surface area contributed by atoms with E-state index in [9.17, 15) is 4.79 Å². The fourth-order valence-corrected chi connectivity index (χ4v) is 1.30. The summed E-state index contributed by atoms with van der Waals surface area (Å²) < 4.78 is 0. The van der Waals surface area contributed by atoms with Crippen molar-refractivity contribution in [1.82, 2.24) is 15.1 Å². The largest absolute Gasteiger partial charge is 0.330 e. The molecule has 0 saturated heterocycles. The van der Waals surface area contributed by atoms with Crippen LogP contribution in [0.3, 0.4) is 0 Å². The molecule has 1 aromatic rings. The highest BCUT2D eigenvalue weighted by Gasteiger charge is 2.15. The lowest BCUT2D eigenvalue weighted by Gasteiger charge is -2.20. The number of aromatic nitrogens is 2. The van der Waals surface area contributed by atoms with E-state index in [1.165, 1.54) is 0 Å². The highest BCUT2D eigenvalue weighted by Crippen LogP contribution is 2.13. The van der Waals surface area contributed by atoms with Crippen molar-refractivity contribution >= 4 is 6.41 Å². The van der Waals surface area contributed by atoms with Gasteiger partial charge in [-0.25, -0.2) is 0 Å². The lowest BCUT2D eigenvalue weighted by Crippen LogP contribution is -2.28. The molecule has 1 radical (unpaired) electrons. The summed E-state index contributed by atoms with van der Waals surface area (Å²) in [6, 6.07) is 0. The molecule has 0 unspecified atom stereocenters. The number of nitrogens with one attached hydrogen (secondary N) is 1. The molecule has 1 aliphatic heterocycles. The van der Waals surface area contributed by atoms with Crippen molar-refractivity contribution in [2.24, 2.45) is 0 Å². The Morgan fingerprint density at radius 3 is 3.45 bits per heavy atom. The standard InChI is InChI=1S/C7H8N3O/c11-5-10-2-1-7-6(4-10)3-8-9-7/h3H,1-2,4H2,(H,8,9). The van der Waals surface area contributed by atoms with Crippen LogP contribution >= 0.6 is 0 Å². The molecule has 0 atom stereocenters. The van der Waals surface area contributed by atoms with Crippen LogP contribution in [-0.4, -0.2) is 28.1 Å². The van der Waals surface area contributed by atoms with E-state index in [2.05, 4.69) is 10.2 Å². The lowest BCUT2D eigenvalue weighted by molar-refractivity contribution is 0.359. The molecule has 1 N–H and O–H groups in total. The molecule has 2 rings (SSSR count). The second-order valence-electron chi connectivity index (χ2n) is 2.64. The van der Waals surface area contributed by atoms with E-state index in [0.717, 1.165) is 24.2 Å². The predicted molar refractivity (Wildman–Crippen MR) is 38.4 cm³/mol. The van der Waals surface area contributed by atoms with Crippen molar-refractivity contribution < 1.29 is 4.79 Å². The first-order valence-electron chi connectivity index (χ1n) is 3.54. The van der Waals surface area contributed by atoms with Gasteiger partial charge < -0.3 is 4.90 Å². The zero-order valence-electron chi connectivity index (χ0n) is 6.00. The highest BCUT2D eigenvalue weighted by atomic mass is 16.1. The quantitative estimate of drug-likeness (QED) is 0.604. The summed E-state index contributed by atoms with van der Waals surface area (Å²) in [5, 5.41) is 6.79. The minimum absolute atomic E-state index is 0.648. The van der Waals surface area contributed by atoms with Crippen molar-refractivity contribution in [3.05, 3.63) is 17.5 Å². The molecule has 11 heavy (non-hydrogen) atoms. The second kappa shape index (κ2) is 2.38. The zero-order chi connectivity index (χ0) is 7.68. The van der Waals surface area contributed by atoms with Crippen LogP contribution in [0.2, 0.25) is 0 Å². The molecule has 0 bridgehead atoms. The van der Waals surface area contributed by atoms with Gasteiger partial charge in [0.1, 0.15) is 0 Å². The summed E-state index contributed by atoms with van der Waals surface area (Å²) >= 11 is 0. The average molecular weight is 150 g/mol. The number of hydrogen-bond acceptors (Lipinski definition) is 2. The van der Waals surface area contributed by atoms with Gasteiger partial charge in [-0.15, -0.1) is 0 Å². The Kier molecular flexibility index (Phi) is 1.38. The average Bonchev–Trinajstić information content (AvgIpc) is 2.50. The minimum atomic E-state index is 0.648. The third-order valence-corrected chi connectivity index (χ3v) is 1.93. The number of amides is 1. The number of hydrogen-bond donors (Lipinski definition) is 1. The third-order valence-electron chi connectivity index (χ3n) is 1.93. The first-order chi connectivity index (χ1) is 5.40. The molecule has 0 spiro atoms. The Bertz CT molecular complexity index is 268. The summed E-state index contributed by atoms with van der Waals surface area (Å²) in [6.45, 7) is 1.40. The van der Waals surface area contributed by atoms with Gasteiger partial charge in [-0.05, 0) is 0 Å². The van der Waals surface area contributed by atoms with E-state index in [0.29, 0.717) is 6.54 Å². The molecule has 57 valence electrons. The lowest BCUT2D eigenvalue weighted by atomic mass is 10.1. The van der Waals surface area contributed by atoms with Crippen LogP contribution in [0.4, 0.5) is 0 Å². The molecule has 0 aliphatic carbocycles. The first kappa shape index (κ1) is 6.39. The van der Waals surface area contributed by atoms with Crippen molar-refractivity contribution in [2.45, 2.75) is 13.0 Å². The third kappa shape index (κ3) is 1.00. The molecule has 0 aromatic carbocycles. The SMILES string of the molecule is O=[C]N1CCc2[nH]ncc2C1. The molecule has 2 heterocycles. The van der Waals surface area contributed by atoms with Crippen LogP contribution in [0.1, 0.15) is 11.3 Å². The second-order valence-corrected chi connectivity index (χ2v) is 2.64. The smallest absolute Gasteiger partial charge is 0.312 e. The zero-order valence-corrected chi connectivity index (χ0v) is 6.00. The summed E-state index contributed by atoms with van der Waals surface area (Å²) in [5.41, 5.74) is 2.26. The number of nitrogens with zero attached hydrogens (tertiary/aromatic N) is 2. The van der Waals surface area contributed by atoms with Gasteiger partial charge in [0.05, 0.1) is 6.20 Å². The van der Waals surface area contributed by atoms with Crippen LogP contribution in [0.15, 0.2) is 6.20 Å². The van der Waals surface area contributed by atoms with Crippen molar-refractivity contribution in [1.29, 1.82) is 0 Å². The van der Waals surface area contributed by atoms with E-state index in [-0.39, 0.29) is 0 Å². The number of rotatable bonds is 1. The van der Waals surface area contributed by atoms with Gasteiger partial charge in [-0.3, -0.25) is 9.89 Å². The highest BCUT2D eigenvalue weighted by molar-refractivity contribution is 5.49. The first-order valence-corrected chi connectivity index (χ1v) is 3.54. The molecular formula is C7H8N3O. The van der Waals surface area contributed by atoms with Gasteiger partial charge >= 0.3 is 6.41 Å². The number of carbonyl (C=O) groups excluding carboxylic acids is 1. The van der Waals surface area contributed by atoms with E-state index in [1.54, 1.807) is 11.1 Å². The summed E-state index contributed by atoms with van der Waals surface area (Å²) in [5.74, 6) is 0. The molecule has 1 aromatic heterocycles. The fraction of sp³-hybridized carbons (Fsp3) is 0.429. The molecule has 1 amide bonds. The number of fused-ring (bicyclic) bond motifs is 1. The molecule has 4 heteroatoms. The number of aromatic amines is 1. The maximum atomic E-state index is 10.3. The van der Waals surface area contributed by atoms with Gasteiger partial charge in [-0.1, -0.05) is 0 Å². The minimum Gasteiger partial charge on any atom is -0.330 e. The van der Waals surface area contributed by atoms with Crippen LogP contribution in [0, 0.1) is 0 Å². The Morgan fingerprint density at radius 1 is 1.73 bits per heavy atom. The van der Waals surface area contributed by atoms with Crippen molar-refractivity contribution in [3.8, 4) is 0 Å². The topological polar surface area (TPSA) is 49.0 Å². The maximum absolute atomic E-state index is 10.3. The molecular weight excluding hydrogens is 142 g/mol. The Morgan fingerprint density at radius 2 is 2.64 bits per heavy atom. The maximum Gasteiger partial charge on any atom is 0.312 e. The van der Waals surface area contributed by atoms with E-state index in [4.69, 9.17) is 0 Å². The Hall–Kier alpha value is -1.32. The fourth-order valence-electron chi connectivity index (χ4n) is 1.30. The van der Waals surface area contributed by atoms with Gasteiger partial charge in [0.25, 0.3) is 0 Å². The molecule has 0 saturated carbocycles. The van der Waals surface area contributed by atoms with E-state index < -0.39 is 0 Å². The van der Waals surface area contributed by atoms with E-state index in [1.807, 2.05) is 6.41 Å². The Labute approximate surface area is 64.2 Å². The van der Waals surface area contributed by atoms with Gasteiger partial charge in [-0.2, -0.15) is 5.10 Å². The number of H-pyrrole nitrogens is 1. The summed E-state index contributed by atoms with van der Waals surface area (Å²) in [4.78, 5) is 11.9. The van der Waals surface area contributed by atoms with Crippen molar-refractivity contribution in [3.63, 3.8) is 0 Å². The van der Waals surface area contributed by atoms with Crippen LogP contribution in [0.5, 0.6) is 0 Å². The summed E-state index contributed by atoms with van der Waals surface area (Å²) in [6.07, 6.45) is 4.50. The molecule has 0 fully saturated rings. The van der Waals surface area contributed by atoms with Gasteiger partial charge in [0, 0.05) is 30.8 Å². The monoisotopic (exact) mass is 150 g/mol. The van der Waals surface area contributed by atoms with Crippen LogP contribution in [0.25, 0.3) is 0 Å². The normalized spacial score (nSPS) is 16.2. The summed E-state index contributed by atoms with van der Waals surface area (Å²) in [7, 11) is 0. The van der Waals surface area contributed by atoms with Gasteiger partial charge in [0.15, 0.2) is 0 Å². The predicted octanol–water partition coefficient (Wildman–Crippen LogP) is -0.165. The molecule has 4 nitrogen and oxygen atoms in total. The van der Waals surface area contributed by atoms with Crippen LogP contribution < -0.4 is 0 Å². The van der Waals surface area contributed by atoms with E-state index >= 15 is 0 Å². The molecule has 1 aliphatic rings. The van der Waals surface area contributed by atoms with Crippen molar-refractivity contribution in [2.75, 3.05) is 6.54 Å². The Balaban J connectivity index is 2.24. The van der Waals surface area contributed by atoms with Crippen LogP contribution in [-0.2, 0) is 17.8 Å². The van der Waals surface area contributed by atoms with Gasteiger partial charge in [0.2, 0.25) is 0 Å².